The lowest BCUT2D eigenvalue weighted by Gasteiger charge is -2.27. The number of primary amides is 1. The van der Waals surface area contributed by atoms with Crippen molar-refractivity contribution in [2.45, 2.75) is 44.2 Å². The first-order chi connectivity index (χ1) is 15.1. The van der Waals surface area contributed by atoms with Crippen molar-refractivity contribution < 1.29 is 32.7 Å². The van der Waals surface area contributed by atoms with Gasteiger partial charge in [0.05, 0.1) is 12.0 Å². The quantitative estimate of drug-likeness (QED) is 0.384. The fraction of sp³-hybridized carbons (Fsp3) is 0.364. The van der Waals surface area contributed by atoms with Crippen LogP contribution in [0.4, 0.5) is 0 Å². The third-order valence-electron chi connectivity index (χ3n) is 4.77. The molecule has 0 unspecified atom stereocenters. The normalized spacial score (nSPS) is 12.6. The number of methoxy groups -OCH3 is 1. The van der Waals surface area contributed by atoms with Crippen LogP contribution in [-0.2, 0) is 37.4 Å². The molecule has 1 amide bonds. The van der Waals surface area contributed by atoms with Gasteiger partial charge in [0.2, 0.25) is 5.91 Å². The predicted octanol–water partition coefficient (Wildman–Crippen LogP) is 2.26. The number of esters is 1. The van der Waals surface area contributed by atoms with E-state index in [2.05, 4.69) is 0 Å². The first kappa shape index (κ1) is 25.3. The van der Waals surface area contributed by atoms with Crippen LogP contribution in [0.3, 0.4) is 0 Å². The van der Waals surface area contributed by atoms with Crippen molar-refractivity contribution >= 4 is 21.9 Å². The molecule has 0 radical (unpaired) electrons. The van der Waals surface area contributed by atoms with Gasteiger partial charge in [-0.2, -0.15) is 0 Å². The number of amides is 1. The molecular formula is C22H28N2O7S. The van der Waals surface area contributed by atoms with E-state index in [1.807, 2.05) is 6.07 Å². The van der Waals surface area contributed by atoms with Gasteiger partial charge in [-0.15, -0.1) is 0 Å². The molecule has 0 aliphatic rings. The number of hydroxylamine groups is 1. The summed E-state index contributed by atoms with van der Waals surface area (Å²) in [5.41, 5.74) is 6.14. The highest BCUT2D eigenvalue weighted by atomic mass is 32.2. The molecule has 0 aliphatic heterocycles. The van der Waals surface area contributed by atoms with Crippen LogP contribution in [-0.4, -0.2) is 43.1 Å². The van der Waals surface area contributed by atoms with Gasteiger partial charge >= 0.3 is 5.97 Å². The van der Waals surface area contributed by atoms with Crippen LogP contribution in [0.1, 0.15) is 31.4 Å². The zero-order chi connectivity index (χ0) is 23.9. The molecule has 0 spiro atoms. The Morgan fingerprint density at radius 3 is 2.34 bits per heavy atom. The summed E-state index contributed by atoms with van der Waals surface area (Å²) < 4.78 is 36.9. The highest BCUT2D eigenvalue weighted by molar-refractivity contribution is 7.89. The van der Waals surface area contributed by atoms with E-state index in [1.54, 1.807) is 38.1 Å². The van der Waals surface area contributed by atoms with Gasteiger partial charge in [0.25, 0.3) is 10.0 Å². The van der Waals surface area contributed by atoms with Gasteiger partial charge < -0.3 is 15.2 Å². The van der Waals surface area contributed by atoms with Crippen molar-refractivity contribution in [1.82, 2.24) is 4.47 Å². The van der Waals surface area contributed by atoms with Gasteiger partial charge in [0.1, 0.15) is 12.4 Å². The van der Waals surface area contributed by atoms with Crippen LogP contribution in [0.2, 0.25) is 0 Å². The Balaban J connectivity index is 2.33. The number of rotatable bonds is 11. The minimum atomic E-state index is -4.53. The van der Waals surface area contributed by atoms with Crippen molar-refractivity contribution in [1.29, 1.82) is 0 Å². The van der Waals surface area contributed by atoms with Crippen molar-refractivity contribution in [3.8, 4) is 5.75 Å². The third kappa shape index (κ3) is 6.28. The van der Waals surface area contributed by atoms with E-state index < -0.39 is 33.9 Å². The van der Waals surface area contributed by atoms with E-state index in [0.717, 1.165) is 5.56 Å². The highest BCUT2D eigenvalue weighted by Crippen LogP contribution is 2.28. The number of carbonyl (C=O) groups excluding carboxylic acids is 2. The molecule has 174 valence electrons. The molecule has 32 heavy (non-hydrogen) atoms. The van der Waals surface area contributed by atoms with E-state index in [1.165, 1.54) is 25.3 Å². The van der Waals surface area contributed by atoms with Crippen molar-refractivity contribution in [2.75, 3.05) is 7.11 Å². The topological polar surface area (TPSA) is 136 Å². The number of nitrogens with zero attached hydrogens (tertiary/aromatic N) is 1. The summed E-state index contributed by atoms with van der Waals surface area (Å²) in [6, 6.07) is 11.5. The average Bonchev–Trinajstić information content (AvgIpc) is 2.76. The van der Waals surface area contributed by atoms with Gasteiger partial charge in [-0.3, -0.25) is 14.8 Å². The average molecular weight is 465 g/mol. The number of hydrogen-bond donors (Lipinski definition) is 2. The number of nitrogens with two attached hydrogens (primary N) is 1. The standard InChI is InChI=1S/C22H28N2O7S/c1-15(2)21(22(26)31-14-16-7-5-4-6-8-16)24(27)32(28,29)19-11-10-18(30-3)13-17(19)9-12-20(23)25/h4-8,10-11,13,15,21,27H,9,12,14H2,1-3H3,(H2,23,25)/t21-/m1/s1. The van der Waals surface area contributed by atoms with E-state index in [0.29, 0.717) is 5.75 Å². The smallest absolute Gasteiger partial charge is 0.327 e. The molecule has 9 nitrogen and oxygen atoms in total. The SMILES string of the molecule is COc1ccc(S(=O)(=O)N(O)[C@@H](C(=O)OCc2ccccc2)C(C)C)c(CCC(N)=O)c1. The molecule has 0 fully saturated rings. The van der Waals surface area contributed by atoms with Crippen LogP contribution in [0, 0.1) is 5.92 Å². The maximum absolute atomic E-state index is 13.2. The molecule has 0 heterocycles. The molecule has 2 rings (SSSR count). The van der Waals surface area contributed by atoms with Crippen LogP contribution < -0.4 is 10.5 Å². The van der Waals surface area contributed by atoms with E-state index >= 15 is 0 Å². The fourth-order valence-electron chi connectivity index (χ4n) is 3.07. The zero-order valence-corrected chi connectivity index (χ0v) is 19.0. The second-order valence-electron chi connectivity index (χ2n) is 7.50. The largest absolute Gasteiger partial charge is 0.497 e. The summed E-state index contributed by atoms with van der Waals surface area (Å²) in [5, 5.41) is 10.7. The van der Waals surface area contributed by atoms with Crippen LogP contribution in [0.5, 0.6) is 5.75 Å². The Bertz CT molecular complexity index is 1040. The summed E-state index contributed by atoms with van der Waals surface area (Å²) >= 11 is 0. The van der Waals surface area contributed by atoms with Crippen molar-refractivity contribution in [3.05, 3.63) is 59.7 Å². The van der Waals surface area contributed by atoms with Crippen molar-refractivity contribution in [2.24, 2.45) is 11.7 Å². The Morgan fingerprint density at radius 2 is 1.78 bits per heavy atom. The number of hydrogen-bond acceptors (Lipinski definition) is 7. The van der Waals surface area contributed by atoms with Gasteiger partial charge in [0.15, 0.2) is 6.04 Å². The summed E-state index contributed by atoms with van der Waals surface area (Å²) in [6.45, 7) is 3.12. The molecule has 3 N–H and O–H groups in total. The Morgan fingerprint density at radius 1 is 1.12 bits per heavy atom. The van der Waals surface area contributed by atoms with Gasteiger partial charge in [0, 0.05) is 6.42 Å². The van der Waals surface area contributed by atoms with Gasteiger partial charge in [-0.05, 0) is 41.7 Å². The van der Waals surface area contributed by atoms with Crippen molar-refractivity contribution in [3.63, 3.8) is 0 Å². The van der Waals surface area contributed by atoms with Gasteiger partial charge in [-0.25, -0.2) is 8.42 Å². The number of ether oxygens (including phenoxy) is 2. The molecule has 0 aliphatic carbocycles. The monoisotopic (exact) mass is 464 g/mol. The Kier molecular flexibility index (Phi) is 8.76. The lowest BCUT2D eigenvalue weighted by Crippen LogP contribution is -2.47. The minimum Gasteiger partial charge on any atom is -0.497 e. The lowest BCUT2D eigenvalue weighted by atomic mass is 10.1. The molecule has 0 aromatic heterocycles. The molecule has 2 aromatic rings. The molecular weight excluding hydrogens is 436 g/mol. The first-order valence-corrected chi connectivity index (χ1v) is 11.4. The van der Waals surface area contributed by atoms with Crippen LogP contribution in [0.15, 0.2) is 53.4 Å². The fourth-order valence-corrected chi connectivity index (χ4v) is 4.63. The lowest BCUT2D eigenvalue weighted by molar-refractivity contribution is -0.162. The minimum absolute atomic E-state index is 0.0136. The van der Waals surface area contributed by atoms with E-state index in [4.69, 9.17) is 15.2 Å². The summed E-state index contributed by atoms with van der Waals surface area (Å²) in [4.78, 5) is 23.7. The Hall–Kier alpha value is -2.95. The molecule has 0 saturated heterocycles. The summed E-state index contributed by atoms with van der Waals surface area (Å²) in [6.07, 6.45) is -0.0897. The number of carbonyl (C=O) groups is 2. The Labute approximate surface area is 187 Å². The molecule has 1 atom stereocenters. The van der Waals surface area contributed by atoms with E-state index in [-0.39, 0.29) is 34.4 Å². The summed E-state index contributed by atoms with van der Waals surface area (Å²) in [7, 11) is -3.12. The molecule has 0 bridgehead atoms. The zero-order valence-electron chi connectivity index (χ0n) is 18.2. The number of benzene rings is 2. The number of aryl methyl sites for hydroxylation is 1. The predicted molar refractivity (Wildman–Crippen MR) is 116 cm³/mol. The summed E-state index contributed by atoms with van der Waals surface area (Å²) in [5.74, 6) is -1.72. The second kappa shape index (κ2) is 11.1. The maximum atomic E-state index is 13.2. The molecule has 2 aromatic carbocycles. The number of sulfonamides is 1. The first-order valence-electron chi connectivity index (χ1n) is 9.97. The van der Waals surface area contributed by atoms with E-state index in [9.17, 15) is 23.2 Å². The third-order valence-corrected chi connectivity index (χ3v) is 6.44. The van der Waals surface area contributed by atoms with Gasteiger partial charge in [-0.1, -0.05) is 48.6 Å². The van der Waals surface area contributed by atoms with Crippen LogP contribution >= 0.6 is 0 Å². The molecule has 0 saturated carbocycles. The highest BCUT2D eigenvalue weighted by Gasteiger charge is 2.39. The maximum Gasteiger partial charge on any atom is 0.327 e. The molecule has 10 heteroatoms. The second-order valence-corrected chi connectivity index (χ2v) is 9.26. The van der Waals surface area contributed by atoms with Crippen LogP contribution in [0.25, 0.3) is 0 Å².